The molecule has 2 aliphatic heterocycles. The molecule has 3 fully saturated rings. The number of hydrogen-bond donors (Lipinski definition) is 2. The highest BCUT2D eigenvalue weighted by atomic mass is 16.5. The van der Waals surface area contributed by atoms with E-state index in [1.165, 1.54) is 11.0 Å². The van der Waals surface area contributed by atoms with Crippen LogP contribution in [-0.2, 0) is 25.7 Å². The van der Waals surface area contributed by atoms with Gasteiger partial charge in [-0.25, -0.2) is 4.79 Å². The summed E-state index contributed by atoms with van der Waals surface area (Å²) in [6.45, 7) is 1.31. The van der Waals surface area contributed by atoms with Crippen LogP contribution in [0.3, 0.4) is 0 Å². The van der Waals surface area contributed by atoms with Crippen LogP contribution in [0.5, 0.6) is 0 Å². The Balaban J connectivity index is 1.40. The number of fused-ring (bicyclic) bond motifs is 1. The van der Waals surface area contributed by atoms with Crippen LogP contribution in [0.4, 0.5) is 4.79 Å². The maximum atomic E-state index is 13.2. The fourth-order valence-electron chi connectivity index (χ4n) is 5.09. The SMILES string of the molecule is O=C(Cn1cc(/C=C2/C(=O)NC(=O)N(C3CCCC3)C2=O)c2ccccc21)NC[C@H]1CCCO1. The summed E-state index contributed by atoms with van der Waals surface area (Å²) in [7, 11) is 0. The summed E-state index contributed by atoms with van der Waals surface area (Å²) in [4.78, 5) is 51.9. The third-order valence-electron chi connectivity index (χ3n) is 6.81. The first kappa shape index (κ1) is 22.3. The number of hydrogen-bond acceptors (Lipinski definition) is 5. The van der Waals surface area contributed by atoms with Gasteiger partial charge in [-0.15, -0.1) is 0 Å². The Morgan fingerprint density at radius 1 is 1.12 bits per heavy atom. The number of barbiturate groups is 1. The van der Waals surface area contributed by atoms with Crippen molar-refractivity contribution in [3.63, 3.8) is 0 Å². The summed E-state index contributed by atoms with van der Waals surface area (Å²) in [6, 6.07) is 6.68. The Morgan fingerprint density at radius 3 is 2.68 bits per heavy atom. The van der Waals surface area contributed by atoms with Crippen molar-refractivity contribution in [3.8, 4) is 0 Å². The molecule has 34 heavy (non-hydrogen) atoms. The van der Waals surface area contributed by atoms with Gasteiger partial charge in [0.1, 0.15) is 12.1 Å². The number of para-hydroxylation sites is 1. The minimum Gasteiger partial charge on any atom is -0.376 e. The van der Waals surface area contributed by atoms with Crippen LogP contribution in [-0.4, -0.2) is 58.5 Å². The first-order valence-corrected chi connectivity index (χ1v) is 11.9. The Morgan fingerprint density at radius 2 is 1.91 bits per heavy atom. The molecule has 5 rings (SSSR count). The van der Waals surface area contributed by atoms with E-state index in [0.717, 1.165) is 56.0 Å². The Labute approximate surface area is 197 Å². The van der Waals surface area contributed by atoms with Crippen molar-refractivity contribution < 1.29 is 23.9 Å². The molecule has 9 nitrogen and oxygen atoms in total. The summed E-state index contributed by atoms with van der Waals surface area (Å²) in [5.41, 5.74) is 1.38. The van der Waals surface area contributed by atoms with E-state index in [9.17, 15) is 19.2 Å². The van der Waals surface area contributed by atoms with Crippen LogP contribution < -0.4 is 10.6 Å². The predicted octanol–water partition coefficient (Wildman–Crippen LogP) is 2.34. The number of imide groups is 2. The third-order valence-corrected chi connectivity index (χ3v) is 6.81. The van der Waals surface area contributed by atoms with Crippen molar-refractivity contribution in [2.45, 2.75) is 57.2 Å². The summed E-state index contributed by atoms with van der Waals surface area (Å²) in [6.07, 6.45) is 8.72. The summed E-state index contributed by atoms with van der Waals surface area (Å²) >= 11 is 0. The molecule has 3 heterocycles. The van der Waals surface area contributed by atoms with Crippen molar-refractivity contribution in [2.75, 3.05) is 13.2 Å². The zero-order valence-corrected chi connectivity index (χ0v) is 18.9. The van der Waals surface area contributed by atoms with Crippen molar-refractivity contribution in [2.24, 2.45) is 0 Å². The number of carbonyl (C=O) groups excluding carboxylic acids is 4. The lowest BCUT2D eigenvalue weighted by atomic mass is 10.0. The second-order valence-corrected chi connectivity index (χ2v) is 9.10. The van der Waals surface area contributed by atoms with Crippen LogP contribution in [0.1, 0.15) is 44.1 Å². The minimum atomic E-state index is -0.699. The highest BCUT2D eigenvalue weighted by molar-refractivity contribution is 6.31. The second-order valence-electron chi connectivity index (χ2n) is 9.10. The van der Waals surface area contributed by atoms with Crippen LogP contribution in [0.15, 0.2) is 36.0 Å². The first-order chi connectivity index (χ1) is 16.5. The third kappa shape index (κ3) is 4.35. The lowest BCUT2D eigenvalue weighted by Crippen LogP contribution is -2.57. The molecule has 178 valence electrons. The van der Waals surface area contributed by atoms with E-state index in [-0.39, 0.29) is 30.2 Å². The van der Waals surface area contributed by atoms with Gasteiger partial charge >= 0.3 is 6.03 Å². The molecule has 2 N–H and O–H groups in total. The summed E-state index contributed by atoms with van der Waals surface area (Å²) in [5, 5.41) is 6.05. The molecule has 0 bridgehead atoms. The molecule has 2 aromatic rings. The van der Waals surface area contributed by atoms with E-state index >= 15 is 0 Å². The predicted molar refractivity (Wildman–Crippen MR) is 125 cm³/mol. The van der Waals surface area contributed by atoms with Gasteiger partial charge in [0.05, 0.1) is 6.10 Å². The lowest BCUT2D eigenvalue weighted by molar-refractivity contribution is -0.131. The van der Waals surface area contributed by atoms with Gasteiger partial charge in [0, 0.05) is 41.9 Å². The molecular formula is C25H28N4O5. The molecule has 9 heteroatoms. The minimum absolute atomic E-state index is 0.0620. The van der Waals surface area contributed by atoms with Crippen molar-refractivity contribution in [1.29, 1.82) is 0 Å². The molecule has 2 saturated heterocycles. The molecule has 5 amide bonds. The number of amides is 5. The second kappa shape index (κ2) is 9.42. The van der Waals surface area contributed by atoms with Crippen LogP contribution >= 0.6 is 0 Å². The van der Waals surface area contributed by atoms with Gasteiger partial charge in [-0.2, -0.15) is 0 Å². The maximum absolute atomic E-state index is 13.2. The molecular weight excluding hydrogens is 436 g/mol. The molecule has 0 spiro atoms. The van der Waals surface area contributed by atoms with Gasteiger partial charge in [0.15, 0.2) is 0 Å². The van der Waals surface area contributed by atoms with E-state index in [4.69, 9.17) is 4.74 Å². The fraction of sp³-hybridized carbons (Fsp3) is 0.440. The van der Waals surface area contributed by atoms with Crippen LogP contribution in [0.2, 0.25) is 0 Å². The van der Waals surface area contributed by atoms with Gasteiger partial charge in [-0.3, -0.25) is 24.6 Å². The normalized spacial score (nSPS) is 22.7. The number of benzene rings is 1. The standard InChI is InChI=1S/C25H28N4O5/c30-22(26-13-18-8-5-11-34-18)15-28-14-16(19-9-3-4-10-21(19)28)12-20-23(31)27-25(33)29(24(20)32)17-6-1-2-7-17/h3-4,9-10,12,14,17-18H,1-2,5-8,11,13,15H2,(H,26,30)(H,27,31,33)/b20-12-/t18-/m1/s1. The van der Waals surface area contributed by atoms with E-state index in [1.54, 1.807) is 10.8 Å². The molecule has 0 unspecified atom stereocenters. The topological polar surface area (TPSA) is 110 Å². The Bertz CT molecular complexity index is 1170. The van der Waals surface area contributed by atoms with E-state index in [1.807, 2.05) is 24.3 Å². The molecule has 3 aliphatic rings. The Kier molecular flexibility index (Phi) is 6.19. The number of rotatable bonds is 6. The van der Waals surface area contributed by atoms with Gasteiger partial charge < -0.3 is 14.6 Å². The van der Waals surface area contributed by atoms with Gasteiger partial charge in [0.2, 0.25) is 5.91 Å². The molecule has 0 radical (unpaired) electrons. The van der Waals surface area contributed by atoms with Crippen LogP contribution in [0, 0.1) is 0 Å². The van der Waals surface area contributed by atoms with Crippen molar-refractivity contribution in [3.05, 3.63) is 41.6 Å². The zero-order valence-electron chi connectivity index (χ0n) is 18.9. The van der Waals surface area contributed by atoms with Crippen molar-refractivity contribution in [1.82, 2.24) is 20.1 Å². The molecule has 1 aliphatic carbocycles. The van der Waals surface area contributed by atoms with Crippen molar-refractivity contribution >= 4 is 40.7 Å². The Hall–Kier alpha value is -3.46. The van der Waals surface area contributed by atoms with E-state index < -0.39 is 17.8 Å². The molecule has 1 aromatic carbocycles. The van der Waals surface area contributed by atoms with Gasteiger partial charge in [0.25, 0.3) is 11.8 Å². The largest absolute Gasteiger partial charge is 0.376 e. The summed E-state index contributed by atoms with van der Waals surface area (Å²) in [5.74, 6) is -1.40. The smallest absolute Gasteiger partial charge is 0.331 e. The van der Waals surface area contributed by atoms with Gasteiger partial charge in [-0.1, -0.05) is 31.0 Å². The molecule has 1 saturated carbocycles. The van der Waals surface area contributed by atoms with E-state index in [0.29, 0.717) is 12.1 Å². The number of carbonyl (C=O) groups is 4. The highest BCUT2D eigenvalue weighted by Crippen LogP contribution is 2.29. The van der Waals surface area contributed by atoms with Crippen LogP contribution in [0.25, 0.3) is 17.0 Å². The molecule has 1 aromatic heterocycles. The number of nitrogens with zero attached hydrogens (tertiary/aromatic N) is 2. The number of aromatic nitrogens is 1. The highest BCUT2D eigenvalue weighted by Gasteiger charge is 2.40. The number of urea groups is 1. The quantitative estimate of drug-likeness (QED) is 0.504. The monoisotopic (exact) mass is 464 g/mol. The average molecular weight is 465 g/mol. The fourth-order valence-corrected chi connectivity index (χ4v) is 5.09. The van der Waals surface area contributed by atoms with E-state index in [2.05, 4.69) is 10.6 Å². The molecule has 1 atom stereocenters. The van der Waals surface area contributed by atoms with Gasteiger partial charge in [-0.05, 0) is 37.8 Å². The number of nitrogens with one attached hydrogen (secondary N) is 2. The number of ether oxygens (including phenoxy) is 1. The lowest BCUT2D eigenvalue weighted by Gasteiger charge is -2.31. The zero-order chi connectivity index (χ0) is 23.7. The summed E-state index contributed by atoms with van der Waals surface area (Å²) < 4.78 is 7.36. The average Bonchev–Trinajstić information content (AvgIpc) is 3.58. The maximum Gasteiger partial charge on any atom is 0.331 e. The first-order valence-electron chi connectivity index (χ1n) is 11.9.